The monoisotopic (exact) mass is 271 g/mol. The SMILES string of the molecule is CSCC(C)(O)CNS(=O)(=O)CCC(=O)O. The predicted octanol–water partition coefficient (Wildman–Crippen LogP) is -0.505. The Morgan fingerprint density at radius 2 is 2.06 bits per heavy atom. The van der Waals surface area contributed by atoms with Crippen LogP contribution in [0.4, 0.5) is 0 Å². The molecule has 0 radical (unpaired) electrons. The lowest BCUT2D eigenvalue weighted by molar-refractivity contribution is -0.136. The number of carboxylic acid groups (broad SMARTS) is 1. The van der Waals surface area contributed by atoms with Gasteiger partial charge in [-0.15, -0.1) is 0 Å². The van der Waals surface area contributed by atoms with E-state index < -0.39 is 33.8 Å². The van der Waals surface area contributed by atoms with E-state index in [1.54, 1.807) is 6.26 Å². The molecule has 0 aliphatic heterocycles. The number of aliphatic hydroxyl groups is 1. The van der Waals surface area contributed by atoms with Crippen molar-refractivity contribution >= 4 is 27.8 Å². The number of hydrogen-bond donors (Lipinski definition) is 3. The average molecular weight is 271 g/mol. The van der Waals surface area contributed by atoms with E-state index in [4.69, 9.17) is 5.11 Å². The van der Waals surface area contributed by atoms with Crippen molar-refractivity contribution in [1.29, 1.82) is 0 Å². The summed E-state index contributed by atoms with van der Waals surface area (Å²) in [5.74, 6) is -1.24. The number of hydrogen-bond acceptors (Lipinski definition) is 5. The largest absolute Gasteiger partial charge is 0.481 e. The van der Waals surface area contributed by atoms with Crippen LogP contribution in [0.5, 0.6) is 0 Å². The zero-order chi connectivity index (χ0) is 12.8. The zero-order valence-corrected chi connectivity index (χ0v) is 10.9. The maximum Gasteiger partial charge on any atom is 0.304 e. The van der Waals surface area contributed by atoms with Gasteiger partial charge in [-0.1, -0.05) is 0 Å². The van der Waals surface area contributed by atoms with Crippen molar-refractivity contribution in [2.75, 3.05) is 24.3 Å². The number of sulfonamides is 1. The molecule has 8 heteroatoms. The predicted molar refractivity (Wildman–Crippen MR) is 63.0 cm³/mol. The number of thioether (sulfide) groups is 1. The summed E-state index contributed by atoms with van der Waals surface area (Å²) in [4.78, 5) is 10.2. The third-order valence-corrected chi connectivity index (χ3v) is 3.95. The first-order valence-electron chi connectivity index (χ1n) is 4.59. The van der Waals surface area contributed by atoms with Gasteiger partial charge in [-0.25, -0.2) is 13.1 Å². The topological polar surface area (TPSA) is 104 Å². The van der Waals surface area contributed by atoms with Gasteiger partial charge in [0.25, 0.3) is 0 Å². The molecule has 96 valence electrons. The molecule has 0 aliphatic rings. The quantitative estimate of drug-likeness (QED) is 0.549. The van der Waals surface area contributed by atoms with E-state index in [0.717, 1.165) is 0 Å². The Balaban J connectivity index is 4.13. The minimum Gasteiger partial charge on any atom is -0.481 e. The fourth-order valence-corrected chi connectivity index (χ4v) is 2.76. The third-order valence-electron chi connectivity index (χ3n) is 1.71. The first-order valence-corrected chi connectivity index (χ1v) is 7.63. The van der Waals surface area contributed by atoms with E-state index in [0.29, 0.717) is 5.75 Å². The van der Waals surface area contributed by atoms with Gasteiger partial charge in [0.05, 0.1) is 17.8 Å². The van der Waals surface area contributed by atoms with Crippen molar-refractivity contribution in [3.05, 3.63) is 0 Å². The summed E-state index contributed by atoms with van der Waals surface area (Å²) in [6.45, 7) is 1.40. The Kier molecular flexibility index (Phi) is 6.31. The van der Waals surface area contributed by atoms with E-state index in [1.807, 2.05) is 0 Å². The van der Waals surface area contributed by atoms with Crippen molar-refractivity contribution in [1.82, 2.24) is 4.72 Å². The van der Waals surface area contributed by atoms with Gasteiger partial charge in [0, 0.05) is 12.3 Å². The van der Waals surface area contributed by atoms with Gasteiger partial charge in [0.1, 0.15) is 0 Å². The van der Waals surface area contributed by atoms with Crippen LogP contribution in [0.3, 0.4) is 0 Å². The number of nitrogens with one attached hydrogen (secondary N) is 1. The number of rotatable bonds is 8. The van der Waals surface area contributed by atoms with E-state index in [1.165, 1.54) is 18.7 Å². The second-order valence-electron chi connectivity index (χ2n) is 3.71. The van der Waals surface area contributed by atoms with Crippen LogP contribution in [0.1, 0.15) is 13.3 Å². The van der Waals surface area contributed by atoms with Crippen molar-refractivity contribution < 1.29 is 23.4 Å². The van der Waals surface area contributed by atoms with Crippen LogP contribution >= 0.6 is 11.8 Å². The third kappa shape index (κ3) is 7.91. The lowest BCUT2D eigenvalue weighted by Gasteiger charge is -2.22. The standard InChI is InChI=1S/C8H17NO5S2/c1-8(12,6-15-2)5-9-16(13,14)4-3-7(10)11/h9,12H,3-6H2,1-2H3,(H,10,11). The number of carbonyl (C=O) groups is 1. The first kappa shape index (κ1) is 15.7. The molecule has 0 fully saturated rings. The molecule has 0 saturated heterocycles. The first-order chi connectivity index (χ1) is 7.18. The number of aliphatic carboxylic acids is 1. The molecule has 0 bridgehead atoms. The molecule has 0 saturated carbocycles. The lowest BCUT2D eigenvalue weighted by atomic mass is 10.1. The van der Waals surface area contributed by atoms with Gasteiger partial charge in [0.15, 0.2) is 0 Å². The summed E-state index contributed by atoms with van der Waals surface area (Å²) in [5.41, 5.74) is -1.13. The summed E-state index contributed by atoms with van der Waals surface area (Å²) in [6, 6.07) is 0. The molecule has 1 atom stereocenters. The molecule has 6 nitrogen and oxygen atoms in total. The van der Waals surface area contributed by atoms with Crippen LogP contribution in [0.15, 0.2) is 0 Å². The van der Waals surface area contributed by atoms with Gasteiger partial charge in [-0.05, 0) is 13.2 Å². The highest BCUT2D eigenvalue weighted by atomic mass is 32.2. The molecular weight excluding hydrogens is 254 g/mol. The molecule has 0 aromatic carbocycles. The molecule has 0 aromatic heterocycles. The second kappa shape index (κ2) is 6.43. The van der Waals surface area contributed by atoms with Gasteiger partial charge in [-0.2, -0.15) is 11.8 Å². The Hall–Kier alpha value is -0.310. The fraction of sp³-hybridized carbons (Fsp3) is 0.875. The summed E-state index contributed by atoms with van der Waals surface area (Å²) < 4.78 is 24.8. The van der Waals surface area contributed by atoms with Crippen LogP contribution in [0, 0.1) is 0 Å². The minimum absolute atomic E-state index is 0.115. The maximum atomic E-state index is 11.3. The Bertz CT molecular complexity index is 325. The van der Waals surface area contributed by atoms with Gasteiger partial charge in [-0.3, -0.25) is 4.79 Å². The summed E-state index contributed by atoms with van der Waals surface area (Å²) in [6.07, 6.45) is 1.35. The van der Waals surface area contributed by atoms with Crippen LogP contribution in [-0.4, -0.2) is 54.5 Å². The van der Waals surface area contributed by atoms with E-state index in [2.05, 4.69) is 4.72 Å². The molecular formula is C8H17NO5S2. The Morgan fingerprint density at radius 3 is 2.50 bits per heavy atom. The van der Waals surface area contributed by atoms with Crippen LogP contribution in [0.2, 0.25) is 0 Å². The second-order valence-corrected chi connectivity index (χ2v) is 6.51. The zero-order valence-electron chi connectivity index (χ0n) is 9.26. The van der Waals surface area contributed by atoms with Crippen LogP contribution < -0.4 is 4.72 Å². The summed E-state index contributed by atoms with van der Waals surface area (Å²) >= 11 is 1.40. The lowest BCUT2D eigenvalue weighted by Crippen LogP contribution is -2.43. The number of carboxylic acids is 1. The van der Waals surface area contributed by atoms with Crippen LogP contribution in [0.25, 0.3) is 0 Å². The van der Waals surface area contributed by atoms with E-state index in [-0.39, 0.29) is 6.54 Å². The molecule has 1 unspecified atom stereocenters. The highest BCUT2D eigenvalue weighted by Crippen LogP contribution is 2.09. The fourth-order valence-electron chi connectivity index (χ4n) is 0.921. The Labute approximate surface area is 99.5 Å². The highest BCUT2D eigenvalue weighted by Gasteiger charge is 2.22. The summed E-state index contributed by atoms with van der Waals surface area (Å²) in [7, 11) is -3.63. The van der Waals surface area contributed by atoms with Crippen molar-refractivity contribution in [2.24, 2.45) is 0 Å². The van der Waals surface area contributed by atoms with E-state index in [9.17, 15) is 18.3 Å². The molecule has 0 aromatic rings. The molecule has 3 N–H and O–H groups in total. The molecule has 0 heterocycles. The van der Waals surface area contributed by atoms with Gasteiger partial charge < -0.3 is 10.2 Å². The van der Waals surface area contributed by atoms with Crippen molar-refractivity contribution in [2.45, 2.75) is 18.9 Å². The molecule has 0 amide bonds. The molecule has 0 rings (SSSR count). The normalized spacial score (nSPS) is 15.7. The molecule has 0 aliphatic carbocycles. The summed E-state index contributed by atoms with van der Waals surface area (Å²) in [5, 5.41) is 18.0. The van der Waals surface area contributed by atoms with Gasteiger partial charge in [0.2, 0.25) is 10.0 Å². The van der Waals surface area contributed by atoms with Crippen LogP contribution in [-0.2, 0) is 14.8 Å². The average Bonchev–Trinajstić information content (AvgIpc) is 2.13. The van der Waals surface area contributed by atoms with Gasteiger partial charge >= 0.3 is 5.97 Å². The van der Waals surface area contributed by atoms with Crippen molar-refractivity contribution in [3.63, 3.8) is 0 Å². The minimum atomic E-state index is -3.63. The Morgan fingerprint density at radius 1 is 1.50 bits per heavy atom. The smallest absolute Gasteiger partial charge is 0.304 e. The highest BCUT2D eigenvalue weighted by molar-refractivity contribution is 7.98. The molecule has 16 heavy (non-hydrogen) atoms. The van der Waals surface area contributed by atoms with Crippen molar-refractivity contribution in [3.8, 4) is 0 Å². The molecule has 0 spiro atoms. The van der Waals surface area contributed by atoms with E-state index >= 15 is 0 Å². The maximum absolute atomic E-state index is 11.3.